The summed E-state index contributed by atoms with van der Waals surface area (Å²) in [5.74, 6) is 1.24. The van der Waals surface area contributed by atoms with Crippen LogP contribution in [0.5, 0.6) is 5.75 Å². The van der Waals surface area contributed by atoms with E-state index in [1.54, 1.807) is 11.3 Å². The van der Waals surface area contributed by atoms with Crippen molar-refractivity contribution in [2.24, 2.45) is 0 Å². The molecule has 3 rings (SSSR count). The lowest BCUT2D eigenvalue weighted by Crippen LogP contribution is -2.20. The summed E-state index contributed by atoms with van der Waals surface area (Å²) in [7, 11) is 0. The van der Waals surface area contributed by atoms with Crippen LogP contribution in [0, 0.1) is 5.41 Å². The molecular formula is C20H22IN3OS. The van der Waals surface area contributed by atoms with Crippen molar-refractivity contribution >= 4 is 46.8 Å². The van der Waals surface area contributed by atoms with Crippen LogP contribution in [0.2, 0.25) is 0 Å². The molecule has 0 aliphatic rings. The lowest BCUT2D eigenvalue weighted by Gasteiger charge is -2.10. The number of hydrogen-bond donors (Lipinski definition) is 3. The van der Waals surface area contributed by atoms with Crippen molar-refractivity contribution in [1.82, 2.24) is 5.32 Å². The van der Waals surface area contributed by atoms with Gasteiger partial charge in [-0.1, -0.05) is 36.4 Å². The van der Waals surface area contributed by atoms with E-state index in [4.69, 9.17) is 10.1 Å². The Morgan fingerprint density at radius 1 is 0.962 bits per heavy atom. The largest absolute Gasteiger partial charge is 0.492 e. The number of nitrogens with one attached hydrogen (secondary N) is 3. The summed E-state index contributed by atoms with van der Waals surface area (Å²) in [5, 5.41) is 16.4. The molecule has 0 bridgehead atoms. The third-order valence-corrected chi connectivity index (χ3v) is 4.50. The molecule has 0 aliphatic heterocycles. The monoisotopic (exact) mass is 479 g/mol. The minimum Gasteiger partial charge on any atom is -0.492 e. The van der Waals surface area contributed by atoms with E-state index in [0.717, 1.165) is 29.4 Å². The minimum absolute atomic E-state index is 0. The molecule has 0 saturated heterocycles. The normalized spacial score (nSPS) is 10.0. The number of benzene rings is 2. The molecule has 3 aromatic rings. The summed E-state index contributed by atoms with van der Waals surface area (Å²) >= 11 is 1.55. The molecule has 1 aromatic heterocycles. The highest BCUT2D eigenvalue weighted by atomic mass is 127. The maximum absolute atomic E-state index is 8.03. The second-order valence-electron chi connectivity index (χ2n) is 5.51. The van der Waals surface area contributed by atoms with Gasteiger partial charge in [-0.3, -0.25) is 5.41 Å². The minimum atomic E-state index is 0. The van der Waals surface area contributed by atoms with E-state index in [0.29, 0.717) is 12.4 Å². The molecule has 4 nitrogen and oxygen atoms in total. The van der Waals surface area contributed by atoms with Gasteiger partial charge in [-0.15, -0.1) is 35.3 Å². The number of ether oxygens (including phenoxy) is 1. The van der Waals surface area contributed by atoms with Crippen molar-refractivity contribution in [3.05, 3.63) is 82.6 Å². The van der Waals surface area contributed by atoms with Gasteiger partial charge >= 0.3 is 0 Å². The van der Waals surface area contributed by atoms with Crippen LogP contribution in [-0.2, 0) is 6.54 Å². The Bertz CT molecular complexity index is 777. The fourth-order valence-corrected chi connectivity index (χ4v) is 2.96. The number of thiophene rings is 1. The molecule has 2 aromatic carbocycles. The van der Waals surface area contributed by atoms with E-state index in [1.807, 2.05) is 60.0 Å². The van der Waals surface area contributed by atoms with E-state index < -0.39 is 0 Å². The molecule has 0 fully saturated rings. The quantitative estimate of drug-likeness (QED) is 0.185. The molecular weight excluding hydrogens is 457 g/mol. The number of rotatable bonds is 8. The SMILES string of the molecule is I.N=C(Nc1ccc(OCCNCc2ccccc2)cc1)c1cccs1. The predicted octanol–water partition coefficient (Wildman–Crippen LogP) is 4.97. The number of amidine groups is 1. The number of anilines is 1. The van der Waals surface area contributed by atoms with Crippen molar-refractivity contribution in [1.29, 1.82) is 5.41 Å². The molecule has 6 heteroatoms. The first kappa shape index (κ1) is 20.4. The fraction of sp³-hybridized carbons (Fsp3) is 0.150. The van der Waals surface area contributed by atoms with Crippen LogP contribution >= 0.6 is 35.3 Å². The first-order chi connectivity index (χ1) is 12.3. The van der Waals surface area contributed by atoms with E-state index in [1.165, 1.54) is 5.56 Å². The van der Waals surface area contributed by atoms with Crippen LogP contribution in [0.1, 0.15) is 10.4 Å². The lowest BCUT2D eigenvalue weighted by atomic mass is 10.2. The van der Waals surface area contributed by atoms with Crippen molar-refractivity contribution in [2.45, 2.75) is 6.54 Å². The average molecular weight is 479 g/mol. The summed E-state index contributed by atoms with van der Waals surface area (Å²) in [4.78, 5) is 0.921. The van der Waals surface area contributed by atoms with Crippen molar-refractivity contribution < 1.29 is 4.74 Å². The third-order valence-electron chi connectivity index (χ3n) is 3.61. The second kappa shape index (κ2) is 10.9. The molecule has 0 unspecified atom stereocenters. The molecule has 0 aliphatic carbocycles. The highest BCUT2D eigenvalue weighted by Crippen LogP contribution is 2.17. The van der Waals surface area contributed by atoms with Gasteiger partial charge < -0.3 is 15.4 Å². The molecule has 1 heterocycles. The molecule has 0 atom stereocenters. The van der Waals surface area contributed by atoms with Crippen LogP contribution in [0.25, 0.3) is 0 Å². The van der Waals surface area contributed by atoms with Gasteiger partial charge in [0.25, 0.3) is 0 Å². The Kier molecular flexibility index (Phi) is 8.60. The first-order valence-corrected chi connectivity index (χ1v) is 9.06. The van der Waals surface area contributed by atoms with Gasteiger partial charge in [-0.05, 0) is 41.3 Å². The van der Waals surface area contributed by atoms with E-state index >= 15 is 0 Å². The molecule has 0 spiro atoms. The van der Waals surface area contributed by atoms with Gasteiger partial charge in [0, 0.05) is 18.8 Å². The Hall–Kier alpha value is -1.90. The van der Waals surface area contributed by atoms with Gasteiger partial charge in [0.1, 0.15) is 18.2 Å². The predicted molar refractivity (Wildman–Crippen MR) is 120 cm³/mol. The summed E-state index contributed by atoms with van der Waals surface area (Å²) in [5.41, 5.74) is 2.15. The maximum atomic E-state index is 8.03. The van der Waals surface area contributed by atoms with Crippen molar-refractivity contribution in [3.8, 4) is 5.75 Å². The summed E-state index contributed by atoms with van der Waals surface area (Å²) < 4.78 is 5.73. The first-order valence-electron chi connectivity index (χ1n) is 8.18. The fourth-order valence-electron chi connectivity index (χ4n) is 2.33. The van der Waals surface area contributed by atoms with Gasteiger partial charge in [-0.2, -0.15) is 0 Å². The standard InChI is InChI=1S/C20H21N3OS.HI/c21-20(19-7-4-14-25-19)23-17-8-10-18(11-9-17)24-13-12-22-15-16-5-2-1-3-6-16;/h1-11,14,22H,12-13,15H2,(H2,21,23);1H. The van der Waals surface area contributed by atoms with E-state index in [9.17, 15) is 0 Å². The zero-order chi connectivity index (χ0) is 17.3. The zero-order valence-corrected chi connectivity index (χ0v) is 17.4. The maximum Gasteiger partial charge on any atom is 0.140 e. The Labute approximate surface area is 175 Å². The lowest BCUT2D eigenvalue weighted by molar-refractivity contribution is 0.313. The van der Waals surface area contributed by atoms with E-state index in [2.05, 4.69) is 22.8 Å². The second-order valence-corrected chi connectivity index (χ2v) is 6.46. The van der Waals surface area contributed by atoms with Gasteiger partial charge in [0.05, 0.1) is 4.88 Å². The van der Waals surface area contributed by atoms with Gasteiger partial charge in [-0.25, -0.2) is 0 Å². The highest BCUT2D eigenvalue weighted by molar-refractivity contribution is 14.0. The molecule has 0 saturated carbocycles. The van der Waals surface area contributed by atoms with Crippen LogP contribution in [0.4, 0.5) is 5.69 Å². The van der Waals surface area contributed by atoms with Crippen LogP contribution in [0.15, 0.2) is 72.1 Å². The summed E-state index contributed by atoms with van der Waals surface area (Å²) in [6.07, 6.45) is 0. The third kappa shape index (κ3) is 6.44. The van der Waals surface area contributed by atoms with Gasteiger partial charge in [0.15, 0.2) is 0 Å². The van der Waals surface area contributed by atoms with Gasteiger partial charge in [0.2, 0.25) is 0 Å². The van der Waals surface area contributed by atoms with Crippen LogP contribution < -0.4 is 15.4 Å². The summed E-state index contributed by atoms with van der Waals surface area (Å²) in [6.45, 7) is 2.25. The number of hydrogen-bond acceptors (Lipinski definition) is 4. The average Bonchev–Trinajstić information content (AvgIpc) is 3.19. The van der Waals surface area contributed by atoms with Crippen molar-refractivity contribution in [3.63, 3.8) is 0 Å². The topological polar surface area (TPSA) is 57.1 Å². The smallest absolute Gasteiger partial charge is 0.140 e. The van der Waals surface area contributed by atoms with Crippen LogP contribution in [0.3, 0.4) is 0 Å². The van der Waals surface area contributed by atoms with Crippen molar-refractivity contribution in [2.75, 3.05) is 18.5 Å². The summed E-state index contributed by atoms with van der Waals surface area (Å²) in [6, 6.07) is 21.9. The Balaban J connectivity index is 0.00000243. The number of halogens is 1. The highest BCUT2D eigenvalue weighted by Gasteiger charge is 2.03. The molecule has 3 N–H and O–H groups in total. The molecule has 136 valence electrons. The Morgan fingerprint density at radius 2 is 1.73 bits per heavy atom. The van der Waals surface area contributed by atoms with E-state index in [-0.39, 0.29) is 24.0 Å². The molecule has 0 radical (unpaired) electrons. The zero-order valence-electron chi connectivity index (χ0n) is 14.3. The molecule has 0 amide bonds. The molecule has 26 heavy (non-hydrogen) atoms. The Morgan fingerprint density at radius 3 is 2.42 bits per heavy atom. The van der Waals surface area contributed by atoms with Crippen LogP contribution in [-0.4, -0.2) is 19.0 Å².